The Bertz CT molecular complexity index is 878. The van der Waals surface area contributed by atoms with Crippen molar-refractivity contribution in [1.29, 1.82) is 0 Å². The Labute approximate surface area is 189 Å². The molecule has 168 valence electrons. The lowest BCUT2D eigenvalue weighted by Gasteiger charge is -2.33. The summed E-state index contributed by atoms with van der Waals surface area (Å²) in [5, 5.41) is 2.99. The summed E-state index contributed by atoms with van der Waals surface area (Å²) >= 11 is 1.53. The highest BCUT2D eigenvalue weighted by Gasteiger charge is 2.30. The minimum absolute atomic E-state index is 0.0992. The number of nitrogens with zero attached hydrogens (tertiary/aromatic N) is 1. The lowest BCUT2D eigenvalue weighted by Crippen LogP contribution is -2.53. The van der Waals surface area contributed by atoms with Gasteiger partial charge in [0.1, 0.15) is 11.9 Å². The third-order valence-electron chi connectivity index (χ3n) is 4.73. The van der Waals surface area contributed by atoms with Crippen molar-refractivity contribution in [2.75, 3.05) is 5.75 Å². The Morgan fingerprint density at radius 2 is 1.77 bits per heavy atom. The van der Waals surface area contributed by atoms with Crippen LogP contribution in [0.15, 0.2) is 48.5 Å². The minimum atomic E-state index is -0.587. The molecule has 0 unspecified atom stereocenters. The van der Waals surface area contributed by atoms with Crippen molar-refractivity contribution >= 4 is 23.6 Å². The van der Waals surface area contributed by atoms with Gasteiger partial charge in [-0.1, -0.05) is 48.9 Å². The third-order valence-corrected chi connectivity index (χ3v) is 5.72. The molecule has 0 fully saturated rings. The van der Waals surface area contributed by atoms with E-state index < -0.39 is 11.6 Å². The summed E-state index contributed by atoms with van der Waals surface area (Å²) in [5.74, 6) is 0.400. The smallest absolute Gasteiger partial charge is 0.243 e. The summed E-state index contributed by atoms with van der Waals surface area (Å²) in [6.45, 7) is 9.96. The molecule has 0 radical (unpaired) electrons. The van der Waals surface area contributed by atoms with Gasteiger partial charge in [0, 0.05) is 17.8 Å². The maximum absolute atomic E-state index is 13.3. The second-order valence-electron chi connectivity index (χ2n) is 8.79. The second-order valence-corrected chi connectivity index (χ2v) is 9.78. The number of rotatable bonds is 9. The topological polar surface area (TPSA) is 49.4 Å². The van der Waals surface area contributed by atoms with Crippen molar-refractivity contribution in [2.45, 2.75) is 64.9 Å². The van der Waals surface area contributed by atoms with Crippen molar-refractivity contribution in [1.82, 2.24) is 10.2 Å². The number of carbonyl (C=O) groups is 2. The monoisotopic (exact) mass is 444 g/mol. The molecule has 31 heavy (non-hydrogen) atoms. The molecular formula is C25H33FN2O2S. The average molecular weight is 445 g/mol. The van der Waals surface area contributed by atoms with Crippen LogP contribution in [0.3, 0.4) is 0 Å². The summed E-state index contributed by atoms with van der Waals surface area (Å²) in [6, 6.07) is 13.7. The zero-order valence-corrected chi connectivity index (χ0v) is 19.9. The van der Waals surface area contributed by atoms with Crippen LogP contribution in [-0.4, -0.2) is 34.0 Å². The van der Waals surface area contributed by atoms with Gasteiger partial charge in [-0.05, 0) is 57.4 Å². The number of amides is 2. The summed E-state index contributed by atoms with van der Waals surface area (Å²) in [4.78, 5) is 27.8. The van der Waals surface area contributed by atoms with Crippen LogP contribution in [-0.2, 0) is 21.9 Å². The molecule has 0 aliphatic heterocycles. The number of carbonyl (C=O) groups excluding carboxylic acids is 2. The van der Waals surface area contributed by atoms with Crippen molar-refractivity contribution in [3.63, 3.8) is 0 Å². The molecule has 0 bridgehead atoms. The molecule has 0 aliphatic carbocycles. The number of hydrogen-bond acceptors (Lipinski definition) is 3. The molecule has 6 heteroatoms. The Morgan fingerprint density at radius 1 is 1.10 bits per heavy atom. The summed E-state index contributed by atoms with van der Waals surface area (Å²) in [5.41, 5.74) is 2.75. The lowest BCUT2D eigenvalue weighted by molar-refractivity contribution is -0.140. The number of halogens is 1. The predicted molar refractivity (Wildman–Crippen MR) is 126 cm³/mol. The maximum Gasteiger partial charge on any atom is 0.243 e. The molecule has 2 amide bonds. The molecule has 2 aromatic carbocycles. The third kappa shape index (κ3) is 8.37. The van der Waals surface area contributed by atoms with Gasteiger partial charge in [0.15, 0.2) is 0 Å². The molecule has 0 saturated carbocycles. The Kier molecular flexibility index (Phi) is 9.11. The van der Waals surface area contributed by atoms with Crippen molar-refractivity contribution in [3.8, 4) is 0 Å². The van der Waals surface area contributed by atoms with Gasteiger partial charge in [0.25, 0.3) is 0 Å². The highest BCUT2D eigenvalue weighted by molar-refractivity contribution is 7.99. The van der Waals surface area contributed by atoms with Gasteiger partial charge in [-0.25, -0.2) is 4.39 Å². The largest absolute Gasteiger partial charge is 0.350 e. The number of thioether (sulfide) groups is 1. The van der Waals surface area contributed by atoms with E-state index in [0.717, 1.165) is 11.3 Å². The van der Waals surface area contributed by atoms with Gasteiger partial charge in [-0.15, -0.1) is 11.8 Å². The molecule has 2 aromatic rings. The van der Waals surface area contributed by atoms with Gasteiger partial charge in [-0.3, -0.25) is 9.59 Å². The average Bonchev–Trinajstić information content (AvgIpc) is 2.68. The summed E-state index contributed by atoms with van der Waals surface area (Å²) in [6.07, 6.45) is 0.497. The first-order chi connectivity index (χ1) is 14.6. The fourth-order valence-corrected chi connectivity index (χ4v) is 4.16. The van der Waals surface area contributed by atoms with Crippen LogP contribution in [0.5, 0.6) is 0 Å². The fraction of sp³-hybridized carbons (Fsp3) is 0.440. The molecular weight excluding hydrogens is 411 g/mol. The first-order valence-electron chi connectivity index (χ1n) is 10.6. The van der Waals surface area contributed by atoms with Crippen LogP contribution in [0, 0.1) is 12.7 Å². The van der Waals surface area contributed by atoms with Gasteiger partial charge < -0.3 is 10.2 Å². The maximum atomic E-state index is 13.3. The molecule has 0 heterocycles. The van der Waals surface area contributed by atoms with Crippen LogP contribution >= 0.6 is 11.8 Å². The van der Waals surface area contributed by atoms with Gasteiger partial charge in [0.05, 0.1) is 5.75 Å². The van der Waals surface area contributed by atoms with E-state index in [1.165, 1.54) is 35.0 Å². The van der Waals surface area contributed by atoms with Crippen LogP contribution < -0.4 is 5.32 Å². The van der Waals surface area contributed by atoms with E-state index in [0.29, 0.717) is 6.42 Å². The number of nitrogens with one attached hydrogen (secondary N) is 1. The van der Waals surface area contributed by atoms with E-state index in [-0.39, 0.29) is 29.9 Å². The summed E-state index contributed by atoms with van der Waals surface area (Å²) in [7, 11) is 0. The second kappa shape index (κ2) is 11.3. The van der Waals surface area contributed by atoms with E-state index in [9.17, 15) is 14.0 Å². The molecule has 0 spiro atoms. The fourth-order valence-electron chi connectivity index (χ4n) is 3.30. The van der Waals surface area contributed by atoms with E-state index in [1.54, 1.807) is 17.0 Å². The molecule has 1 atom stereocenters. The standard InChI is InChI=1S/C25H33FN2O2S/c1-6-22(24(30)27-25(3,4)5)28(15-19-10-12-21(26)13-11-19)23(29)17-31-16-20-9-7-8-18(2)14-20/h7-14,22H,6,15-17H2,1-5H3,(H,27,30)/t22-/m1/s1. The molecule has 0 saturated heterocycles. The van der Waals surface area contributed by atoms with Gasteiger partial charge in [-0.2, -0.15) is 0 Å². The molecule has 4 nitrogen and oxygen atoms in total. The Balaban J connectivity index is 2.15. The Morgan fingerprint density at radius 3 is 2.35 bits per heavy atom. The van der Waals surface area contributed by atoms with E-state index >= 15 is 0 Å². The molecule has 0 aliphatic rings. The van der Waals surface area contributed by atoms with Crippen LogP contribution in [0.4, 0.5) is 4.39 Å². The van der Waals surface area contributed by atoms with E-state index in [4.69, 9.17) is 0 Å². The minimum Gasteiger partial charge on any atom is -0.350 e. The van der Waals surface area contributed by atoms with E-state index in [1.807, 2.05) is 52.8 Å². The normalized spacial score (nSPS) is 12.3. The van der Waals surface area contributed by atoms with Crippen LogP contribution in [0.25, 0.3) is 0 Å². The van der Waals surface area contributed by atoms with Crippen molar-refractivity contribution in [3.05, 3.63) is 71.0 Å². The van der Waals surface area contributed by atoms with Gasteiger partial charge in [0.2, 0.25) is 11.8 Å². The molecule has 2 rings (SSSR count). The SMILES string of the molecule is CC[C@H](C(=O)NC(C)(C)C)N(Cc1ccc(F)cc1)C(=O)CSCc1cccc(C)c1. The molecule has 0 aromatic heterocycles. The number of benzene rings is 2. The lowest BCUT2D eigenvalue weighted by atomic mass is 10.1. The van der Waals surface area contributed by atoms with E-state index in [2.05, 4.69) is 11.4 Å². The first kappa shape index (κ1) is 24.9. The van der Waals surface area contributed by atoms with Crippen molar-refractivity contribution in [2.24, 2.45) is 0 Å². The highest BCUT2D eigenvalue weighted by atomic mass is 32.2. The van der Waals surface area contributed by atoms with Gasteiger partial charge >= 0.3 is 0 Å². The highest BCUT2D eigenvalue weighted by Crippen LogP contribution is 2.18. The quantitative estimate of drug-likeness (QED) is 0.586. The zero-order valence-electron chi connectivity index (χ0n) is 19.1. The predicted octanol–water partition coefficient (Wildman–Crippen LogP) is 5.09. The number of hydrogen-bond donors (Lipinski definition) is 1. The zero-order chi connectivity index (χ0) is 23.0. The Hall–Kier alpha value is -2.34. The summed E-state index contributed by atoms with van der Waals surface area (Å²) < 4.78 is 13.3. The van der Waals surface area contributed by atoms with Crippen LogP contribution in [0.2, 0.25) is 0 Å². The number of aryl methyl sites for hydroxylation is 1. The molecule has 1 N–H and O–H groups in total. The van der Waals surface area contributed by atoms with Crippen molar-refractivity contribution < 1.29 is 14.0 Å². The first-order valence-corrected chi connectivity index (χ1v) is 11.7. The van der Waals surface area contributed by atoms with Crippen LogP contribution in [0.1, 0.15) is 50.8 Å².